The van der Waals surface area contributed by atoms with Gasteiger partial charge in [-0.2, -0.15) is 0 Å². The number of benzene rings is 1. The van der Waals surface area contributed by atoms with E-state index >= 15 is 0 Å². The van der Waals surface area contributed by atoms with Gasteiger partial charge in [-0.05, 0) is 11.6 Å². The van der Waals surface area contributed by atoms with E-state index in [0.29, 0.717) is 5.88 Å². The van der Waals surface area contributed by atoms with Gasteiger partial charge in [0.05, 0.1) is 19.0 Å². The van der Waals surface area contributed by atoms with E-state index in [9.17, 15) is 0 Å². The molecule has 21 heavy (non-hydrogen) atoms. The molecule has 2 aromatic heterocycles. The van der Waals surface area contributed by atoms with Crippen LogP contribution in [0.5, 0.6) is 5.88 Å². The van der Waals surface area contributed by atoms with Crippen LogP contribution in [-0.4, -0.2) is 21.6 Å². The maximum atomic E-state index is 5.10. The average molecular weight is 279 g/mol. The summed E-state index contributed by atoms with van der Waals surface area (Å²) in [5.41, 5.74) is 2.22. The Hall–Kier alpha value is -2.62. The minimum Gasteiger partial charge on any atom is -0.481 e. The van der Waals surface area contributed by atoms with Gasteiger partial charge in [0, 0.05) is 24.4 Å². The largest absolute Gasteiger partial charge is 0.481 e. The van der Waals surface area contributed by atoms with Crippen molar-refractivity contribution in [3.05, 3.63) is 72.4 Å². The molecule has 0 fully saturated rings. The van der Waals surface area contributed by atoms with Crippen molar-refractivity contribution in [3.63, 3.8) is 0 Å². The average Bonchev–Trinajstić information content (AvgIpc) is 3.04. The van der Waals surface area contributed by atoms with Gasteiger partial charge in [-0.1, -0.05) is 37.3 Å². The molecule has 106 valence electrons. The van der Waals surface area contributed by atoms with E-state index in [4.69, 9.17) is 4.74 Å². The molecule has 0 N–H and O–H groups in total. The molecule has 0 spiro atoms. The molecule has 2 heterocycles. The summed E-state index contributed by atoms with van der Waals surface area (Å²) < 4.78 is 7.16. The van der Waals surface area contributed by atoms with Gasteiger partial charge in [0.1, 0.15) is 5.82 Å². The molecule has 4 nitrogen and oxygen atoms in total. The summed E-state index contributed by atoms with van der Waals surface area (Å²) in [6, 6.07) is 14.2. The third kappa shape index (κ3) is 2.65. The molecular weight excluding hydrogens is 262 g/mol. The van der Waals surface area contributed by atoms with Crippen LogP contribution in [0.1, 0.15) is 24.2 Å². The molecule has 4 heteroatoms. The van der Waals surface area contributed by atoms with Gasteiger partial charge in [0.2, 0.25) is 5.88 Å². The lowest BCUT2D eigenvalue weighted by Gasteiger charge is -2.14. The van der Waals surface area contributed by atoms with E-state index in [-0.39, 0.29) is 5.92 Å². The van der Waals surface area contributed by atoms with E-state index in [1.54, 1.807) is 13.3 Å². The van der Waals surface area contributed by atoms with Crippen molar-refractivity contribution in [2.75, 3.05) is 7.11 Å². The Morgan fingerprint density at radius 1 is 1.05 bits per heavy atom. The zero-order valence-electron chi connectivity index (χ0n) is 12.1. The van der Waals surface area contributed by atoms with E-state index in [1.165, 1.54) is 5.56 Å². The van der Waals surface area contributed by atoms with Crippen LogP contribution >= 0.6 is 0 Å². The van der Waals surface area contributed by atoms with Crippen molar-refractivity contribution >= 4 is 0 Å². The summed E-state index contributed by atoms with van der Waals surface area (Å²) in [5, 5.41) is 0. The number of hydrogen-bond donors (Lipinski definition) is 0. The molecule has 0 saturated heterocycles. The molecular formula is C17H17N3O. The highest BCUT2D eigenvalue weighted by molar-refractivity contribution is 5.35. The SMILES string of the molecule is COc1ccc(-n2ccnc2[C@H](C)c2ccccc2)cn1. The maximum Gasteiger partial charge on any atom is 0.213 e. The normalized spacial score (nSPS) is 12.1. The summed E-state index contributed by atoms with van der Waals surface area (Å²) in [4.78, 5) is 8.77. The fourth-order valence-electron chi connectivity index (χ4n) is 2.38. The second-order valence-corrected chi connectivity index (χ2v) is 4.85. The van der Waals surface area contributed by atoms with Crippen LogP contribution in [0.4, 0.5) is 0 Å². The molecule has 0 unspecified atom stereocenters. The van der Waals surface area contributed by atoms with Gasteiger partial charge in [-0.3, -0.25) is 0 Å². The van der Waals surface area contributed by atoms with Gasteiger partial charge in [-0.15, -0.1) is 0 Å². The Morgan fingerprint density at radius 2 is 1.86 bits per heavy atom. The number of aromatic nitrogens is 3. The van der Waals surface area contributed by atoms with Crippen LogP contribution in [-0.2, 0) is 0 Å². The zero-order chi connectivity index (χ0) is 14.7. The lowest BCUT2D eigenvalue weighted by molar-refractivity contribution is 0.398. The second kappa shape index (κ2) is 5.79. The van der Waals surface area contributed by atoms with Gasteiger partial charge in [-0.25, -0.2) is 9.97 Å². The first kappa shape index (κ1) is 13.4. The van der Waals surface area contributed by atoms with Crippen LogP contribution in [0.15, 0.2) is 61.1 Å². The number of nitrogens with zero attached hydrogens (tertiary/aromatic N) is 3. The lowest BCUT2D eigenvalue weighted by atomic mass is 10.0. The van der Waals surface area contributed by atoms with E-state index in [2.05, 4.69) is 33.6 Å². The van der Waals surface area contributed by atoms with Crippen LogP contribution < -0.4 is 4.74 Å². The fraction of sp³-hybridized carbons (Fsp3) is 0.176. The molecule has 1 aromatic carbocycles. The molecule has 0 aliphatic heterocycles. The molecule has 0 radical (unpaired) electrons. The fourth-order valence-corrected chi connectivity index (χ4v) is 2.38. The van der Waals surface area contributed by atoms with Crippen molar-refractivity contribution in [2.24, 2.45) is 0 Å². The Kier molecular flexibility index (Phi) is 3.69. The van der Waals surface area contributed by atoms with E-state index in [1.807, 2.05) is 42.7 Å². The predicted molar refractivity (Wildman–Crippen MR) is 81.9 cm³/mol. The summed E-state index contributed by atoms with van der Waals surface area (Å²) in [6.45, 7) is 2.16. The maximum absolute atomic E-state index is 5.10. The molecule has 3 rings (SSSR count). The summed E-state index contributed by atoms with van der Waals surface area (Å²) >= 11 is 0. The van der Waals surface area contributed by atoms with Crippen molar-refractivity contribution in [1.82, 2.24) is 14.5 Å². The van der Waals surface area contributed by atoms with Gasteiger partial charge in [0.25, 0.3) is 0 Å². The molecule has 0 amide bonds. The molecule has 0 aliphatic carbocycles. The molecule has 3 aromatic rings. The Bertz CT molecular complexity index is 704. The van der Waals surface area contributed by atoms with Gasteiger partial charge >= 0.3 is 0 Å². The molecule has 1 atom stereocenters. The van der Waals surface area contributed by atoms with Crippen LogP contribution in [0.3, 0.4) is 0 Å². The van der Waals surface area contributed by atoms with E-state index < -0.39 is 0 Å². The number of hydrogen-bond acceptors (Lipinski definition) is 3. The van der Waals surface area contributed by atoms with Gasteiger partial charge < -0.3 is 9.30 Å². The quantitative estimate of drug-likeness (QED) is 0.734. The number of pyridine rings is 1. The summed E-state index contributed by atoms with van der Waals surface area (Å²) in [6.07, 6.45) is 5.57. The van der Waals surface area contributed by atoms with Crippen molar-refractivity contribution in [3.8, 4) is 11.6 Å². The number of rotatable bonds is 4. The highest BCUT2D eigenvalue weighted by Crippen LogP contribution is 2.24. The zero-order valence-corrected chi connectivity index (χ0v) is 12.1. The first-order valence-electron chi connectivity index (χ1n) is 6.88. The van der Waals surface area contributed by atoms with Crippen LogP contribution in [0.25, 0.3) is 5.69 Å². The Balaban J connectivity index is 1.96. The van der Waals surface area contributed by atoms with Crippen molar-refractivity contribution < 1.29 is 4.74 Å². The first-order valence-corrected chi connectivity index (χ1v) is 6.88. The molecule has 0 aliphatic rings. The molecule has 0 saturated carbocycles. The summed E-state index contributed by atoms with van der Waals surface area (Å²) in [7, 11) is 1.61. The van der Waals surface area contributed by atoms with Gasteiger partial charge in [0.15, 0.2) is 0 Å². The second-order valence-electron chi connectivity index (χ2n) is 4.85. The monoisotopic (exact) mass is 279 g/mol. The Labute approximate surface area is 124 Å². The smallest absolute Gasteiger partial charge is 0.213 e. The standard InChI is InChI=1S/C17H17N3O/c1-13(14-6-4-3-5-7-14)17-18-10-11-20(17)15-8-9-16(21-2)19-12-15/h3-13H,1-2H3/t13-/m1/s1. The third-order valence-electron chi connectivity index (χ3n) is 3.56. The van der Waals surface area contributed by atoms with Crippen LogP contribution in [0.2, 0.25) is 0 Å². The highest BCUT2D eigenvalue weighted by atomic mass is 16.5. The molecule has 0 bridgehead atoms. The van der Waals surface area contributed by atoms with Crippen molar-refractivity contribution in [1.29, 1.82) is 0 Å². The number of methoxy groups -OCH3 is 1. The minimum absolute atomic E-state index is 0.211. The third-order valence-corrected chi connectivity index (χ3v) is 3.56. The van der Waals surface area contributed by atoms with Crippen LogP contribution in [0, 0.1) is 0 Å². The first-order chi connectivity index (χ1) is 10.3. The van der Waals surface area contributed by atoms with E-state index in [0.717, 1.165) is 11.5 Å². The minimum atomic E-state index is 0.211. The summed E-state index contributed by atoms with van der Waals surface area (Å²) in [5.74, 6) is 1.81. The lowest BCUT2D eigenvalue weighted by Crippen LogP contribution is -2.06. The highest BCUT2D eigenvalue weighted by Gasteiger charge is 2.15. The van der Waals surface area contributed by atoms with Crippen molar-refractivity contribution in [2.45, 2.75) is 12.8 Å². The Morgan fingerprint density at radius 3 is 2.52 bits per heavy atom. The topological polar surface area (TPSA) is 39.9 Å². The number of imidazole rings is 1. The number of ether oxygens (including phenoxy) is 1. The predicted octanol–water partition coefficient (Wildman–Crippen LogP) is 3.43.